The standard InChI is InChI=1S/C20H26ClNO3/c1-15-13-22(14-16(2)25-15)9-10-23-11-12-24-20-8-7-19(21)17-5-3-4-6-18(17)20/h3-8,15-16H,9-14H2,1-2H3/t15-,16-/m1/s1. The molecular formula is C20H26ClNO3. The normalized spacial score (nSPS) is 21.6. The fourth-order valence-corrected chi connectivity index (χ4v) is 3.56. The van der Waals surface area contributed by atoms with Crippen molar-refractivity contribution in [1.82, 2.24) is 4.90 Å². The molecule has 1 aliphatic rings. The lowest BCUT2D eigenvalue weighted by Gasteiger charge is -2.35. The average molecular weight is 364 g/mol. The Kier molecular flexibility index (Phi) is 6.54. The molecule has 1 saturated heterocycles. The van der Waals surface area contributed by atoms with Gasteiger partial charge in [0.25, 0.3) is 0 Å². The minimum Gasteiger partial charge on any atom is -0.491 e. The SMILES string of the molecule is C[C@@H]1CN(CCOCCOc2ccc(Cl)c3ccccc23)C[C@@H](C)O1. The molecule has 0 aliphatic carbocycles. The molecule has 2 atom stereocenters. The fourth-order valence-electron chi connectivity index (χ4n) is 3.33. The van der Waals surface area contributed by atoms with Gasteiger partial charge in [-0.3, -0.25) is 4.90 Å². The predicted octanol–water partition coefficient (Wildman–Crippen LogP) is 4.00. The lowest BCUT2D eigenvalue weighted by Crippen LogP contribution is -2.46. The first kappa shape index (κ1) is 18.5. The highest BCUT2D eigenvalue weighted by molar-refractivity contribution is 6.35. The van der Waals surface area contributed by atoms with Crippen LogP contribution in [0.2, 0.25) is 5.02 Å². The molecule has 5 heteroatoms. The molecule has 0 N–H and O–H groups in total. The molecule has 0 radical (unpaired) electrons. The van der Waals surface area contributed by atoms with Crippen LogP contribution in [-0.4, -0.2) is 56.6 Å². The minimum atomic E-state index is 0.297. The van der Waals surface area contributed by atoms with Gasteiger partial charge in [-0.1, -0.05) is 35.9 Å². The van der Waals surface area contributed by atoms with Crippen LogP contribution in [0.5, 0.6) is 5.75 Å². The molecule has 3 rings (SSSR count). The van der Waals surface area contributed by atoms with Crippen molar-refractivity contribution < 1.29 is 14.2 Å². The van der Waals surface area contributed by atoms with Crippen LogP contribution in [0.3, 0.4) is 0 Å². The maximum absolute atomic E-state index is 6.23. The van der Waals surface area contributed by atoms with Crippen LogP contribution in [0.1, 0.15) is 13.8 Å². The van der Waals surface area contributed by atoms with E-state index >= 15 is 0 Å². The number of ether oxygens (including phenoxy) is 3. The van der Waals surface area contributed by atoms with Crippen LogP contribution in [0.4, 0.5) is 0 Å². The van der Waals surface area contributed by atoms with E-state index in [2.05, 4.69) is 18.7 Å². The van der Waals surface area contributed by atoms with E-state index in [0.717, 1.165) is 41.2 Å². The first-order valence-corrected chi connectivity index (χ1v) is 9.27. The van der Waals surface area contributed by atoms with Crippen molar-refractivity contribution in [1.29, 1.82) is 0 Å². The Labute approximate surface area is 154 Å². The van der Waals surface area contributed by atoms with Crippen LogP contribution in [0.15, 0.2) is 36.4 Å². The first-order valence-electron chi connectivity index (χ1n) is 8.89. The molecule has 0 aromatic heterocycles. The largest absolute Gasteiger partial charge is 0.491 e. The second kappa shape index (κ2) is 8.86. The lowest BCUT2D eigenvalue weighted by molar-refractivity contribution is -0.0734. The Hall–Kier alpha value is -1.33. The third kappa shape index (κ3) is 5.08. The van der Waals surface area contributed by atoms with Gasteiger partial charge in [-0.05, 0) is 26.0 Å². The van der Waals surface area contributed by atoms with Gasteiger partial charge < -0.3 is 14.2 Å². The molecule has 2 aromatic carbocycles. The van der Waals surface area contributed by atoms with Crippen molar-refractivity contribution in [3.05, 3.63) is 41.4 Å². The van der Waals surface area contributed by atoms with E-state index in [9.17, 15) is 0 Å². The monoisotopic (exact) mass is 363 g/mol. The molecule has 0 saturated carbocycles. The first-order chi connectivity index (χ1) is 12.1. The molecule has 25 heavy (non-hydrogen) atoms. The molecule has 1 aliphatic heterocycles. The van der Waals surface area contributed by atoms with Crippen LogP contribution in [0.25, 0.3) is 10.8 Å². The number of morpholine rings is 1. The summed E-state index contributed by atoms with van der Waals surface area (Å²) in [5.41, 5.74) is 0. The van der Waals surface area contributed by atoms with E-state index in [1.54, 1.807) is 0 Å². The summed E-state index contributed by atoms with van der Waals surface area (Å²) in [6.45, 7) is 8.93. The molecule has 4 nitrogen and oxygen atoms in total. The van der Waals surface area contributed by atoms with E-state index in [1.165, 1.54) is 0 Å². The smallest absolute Gasteiger partial charge is 0.127 e. The Morgan fingerprint density at radius 3 is 2.48 bits per heavy atom. The van der Waals surface area contributed by atoms with Gasteiger partial charge in [0.05, 0.1) is 25.4 Å². The van der Waals surface area contributed by atoms with E-state index in [4.69, 9.17) is 25.8 Å². The average Bonchev–Trinajstić information content (AvgIpc) is 2.59. The Morgan fingerprint density at radius 2 is 1.72 bits per heavy atom. The zero-order chi connectivity index (χ0) is 17.6. The summed E-state index contributed by atoms with van der Waals surface area (Å²) in [6.07, 6.45) is 0.593. The molecule has 0 spiro atoms. The molecule has 136 valence electrons. The summed E-state index contributed by atoms with van der Waals surface area (Å²) in [6, 6.07) is 11.8. The van der Waals surface area contributed by atoms with Crippen LogP contribution in [-0.2, 0) is 9.47 Å². The molecular weight excluding hydrogens is 338 g/mol. The number of hydrogen-bond donors (Lipinski definition) is 0. The second-order valence-electron chi connectivity index (χ2n) is 6.57. The summed E-state index contributed by atoms with van der Waals surface area (Å²) in [7, 11) is 0. The number of rotatable bonds is 7. The van der Waals surface area contributed by atoms with Crippen molar-refractivity contribution in [3.63, 3.8) is 0 Å². The second-order valence-corrected chi connectivity index (χ2v) is 6.98. The quantitative estimate of drug-likeness (QED) is 0.696. The third-order valence-corrected chi connectivity index (χ3v) is 4.69. The van der Waals surface area contributed by atoms with Gasteiger partial charge in [-0.2, -0.15) is 0 Å². The highest BCUT2D eigenvalue weighted by Crippen LogP contribution is 2.31. The zero-order valence-corrected chi connectivity index (χ0v) is 15.7. The summed E-state index contributed by atoms with van der Waals surface area (Å²) in [5.74, 6) is 0.847. The Morgan fingerprint density at radius 1 is 1.00 bits per heavy atom. The molecule has 1 fully saturated rings. The fraction of sp³-hybridized carbons (Fsp3) is 0.500. The molecule has 1 heterocycles. The molecule has 0 bridgehead atoms. The highest BCUT2D eigenvalue weighted by atomic mass is 35.5. The zero-order valence-electron chi connectivity index (χ0n) is 14.9. The van der Waals surface area contributed by atoms with Gasteiger partial charge in [0.1, 0.15) is 12.4 Å². The van der Waals surface area contributed by atoms with Crippen LogP contribution in [0, 0.1) is 0 Å². The maximum atomic E-state index is 6.23. The van der Waals surface area contributed by atoms with Gasteiger partial charge >= 0.3 is 0 Å². The van der Waals surface area contributed by atoms with Gasteiger partial charge in [0.15, 0.2) is 0 Å². The third-order valence-electron chi connectivity index (χ3n) is 4.36. The van der Waals surface area contributed by atoms with Gasteiger partial charge in [-0.15, -0.1) is 0 Å². The van der Waals surface area contributed by atoms with Crippen molar-refractivity contribution in [2.75, 3.05) is 39.5 Å². The van der Waals surface area contributed by atoms with E-state index < -0.39 is 0 Å². The lowest BCUT2D eigenvalue weighted by atomic mass is 10.1. The van der Waals surface area contributed by atoms with E-state index in [-0.39, 0.29) is 0 Å². The van der Waals surface area contributed by atoms with Crippen molar-refractivity contribution in [2.45, 2.75) is 26.1 Å². The highest BCUT2D eigenvalue weighted by Gasteiger charge is 2.21. The predicted molar refractivity (Wildman–Crippen MR) is 102 cm³/mol. The maximum Gasteiger partial charge on any atom is 0.127 e. The van der Waals surface area contributed by atoms with E-state index in [0.29, 0.717) is 32.0 Å². The van der Waals surface area contributed by atoms with Gasteiger partial charge in [0.2, 0.25) is 0 Å². The molecule has 0 unspecified atom stereocenters. The minimum absolute atomic E-state index is 0.297. The number of halogens is 1. The number of benzene rings is 2. The van der Waals surface area contributed by atoms with Crippen molar-refractivity contribution in [2.24, 2.45) is 0 Å². The Balaban J connectivity index is 1.40. The molecule has 0 amide bonds. The van der Waals surface area contributed by atoms with Crippen molar-refractivity contribution in [3.8, 4) is 5.75 Å². The summed E-state index contributed by atoms with van der Waals surface area (Å²) >= 11 is 6.23. The van der Waals surface area contributed by atoms with Gasteiger partial charge in [-0.25, -0.2) is 0 Å². The summed E-state index contributed by atoms with van der Waals surface area (Å²) in [5, 5.41) is 2.79. The Bertz CT molecular complexity index is 684. The van der Waals surface area contributed by atoms with Gasteiger partial charge in [0, 0.05) is 35.4 Å². The van der Waals surface area contributed by atoms with E-state index in [1.807, 2.05) is 36.4 Å². The summed E-state index contributed by atoms with van der Waals surface area (Å²) in [4.78, 5) is 2.40. The van der Waals surface area contributed by atoms with Crippen molar-refractivity contribution >= 4 is 22.4 Å². The van der Waals surface area contributed by atoms with Crippen LogP contribution < -0.4 is 4.74 Å². The number of fused-ring (bicyclic) bond motifs is 1. The summed E-state index contributed by atoms with van der Waals surface area (Å²) < 4.78 is 17.4. The van der Waals surface area contributed by atoms with Crippen LogP contribution >= 0.6 is 11.6 Å². The number of nitrogens with zero attached hydrogens (tertiary/aromatic N) is 1. The molecule has 2 aromatic rings. The number of hydrogen-bond acceptors (Lipinski definition) is 4. The topological polar surface area (TPSA) is 30.9 Å².